The molecule has 228 valence electrons. The van der Waals surface area contributed by atoms with Gasteiger partial charge in [0, 0.05) is 42.1 Å². The molecule has 0 aromatic carbocycles. The molecule has 0 radical (unpaired) electrons. The van der Waals surface area contributed by atoms with E-state index in [0.717, 1.165) is 62.3 Å². The highest BCUT2D eigenvalue weighted by molar-refractivity contribution is 7.26. The van der Waals surface area contributed by atoms with Crippen LogP contribution in [0.15, 0.2) is 29.9 Å². The van der Waals surface area contributed by atoms with E-state index in [1.807, 2.05) is 35.7 Å². The molecule has 1 fully saturated rings. The first kappa shape index (κ1) is 33.4. The van der Waals surface area contributed by atoms with Gasteiger partial charge >= 0.3 is 8.80 Å². The molecule has 0 N–H and O–H groups in total. The Bertz CT molecular complexity index is 1260. The summed E-state index contributed by atoms with van der Waals surface area (Å²) in [6.45, 7) is 15.3. The molecule has 2 aromatic rings. The average molecular weight is 646 g/mol. The van der Waals surface area contributed by atoms with Crippen molar-refractivity contribution in [3.63, 3.8) is 0 Å². The first-order valence-electron chi connectivity index (χ1n) is 15.2. The van der Waals surface area contributed by atoms with Gasteiger partial charge in [-0.15, -0.1) is 34.3 Å². The fourth-order valence-electron chi connectivity index (χ4n) is 5.33. The van der Waals surface area contributed by atoms with E-state index in [0.29, 0.717) is 32.0 Å². The fourth-order valence-corrected chi connectivity index (χ4v) is 11.0. The second-order valence-corrected chi connectivity index (χ2v) is 16.8. The number of nitrogens with zero attached hydrogens (tertiary/aromatic N) is 2. The van der Waals surface area contributed by atoms with E-state index in [-0.39, 0.29) is 5.60 Å². The van der Waals surface area contributed by atoms with Gasteiger partial charge in [-0.05, 0) is 69.7 Å². The third kappa shape index (κ3) is 8.59. The fraction of sp³-hybridized carbons (Fsp3) is 0.606. The van der Waals surface area contributed by atoms with Crippen LogP contribution >= 0.6 is 34.3 Å². The van der Waals surface area contributed by atoms with E-state index in [9.17, 15) is 5.26 Å². The van der Waals surface area contributed by atoms with Gasteiger partial charge < -0.3 is 19.1 Å². The maximum absolute atomic E-state index is 9.24. The third-order valence-electron chi connectivity index (χ3n) is 8.40. The van der Waals surface area contributed by atoms with Gasteiger partial charge in [0.1, 0.15) is 10.7 Å². The summed E-state index contributed by atoms with van der Waals surface area (Å²) >= 11 is 9.44. The molecule has 2 aromatic heterocycles. The molecule has 5 nitrogen and oxygen atoms in total. The molecule has 1 saturated carbocycles. The third-order valence-corrected chi connectivity index (χ3v) is 14.2. The zero-order valence-corrected chi connectivity index (χ0v) is 29.1. The molecule has 1 aliphatic carbocycles. The van der Waals surface area contributed by atoms with Gasteiger partial charge in [0.15, 0.2) is 0 Å². The summed E-state index contributed by atoms with van der Waals surface area (Å²) in [4.78, 5) is 6.36. The van der Waals surface area contributed by atoms with Gasteiger partial charge in [-0.25, -0.2) is 0 Å². The molecule has 0 saturated heterocycles. The molecule has 1 unspecified atom stereocenters. The standard InChI is InChI=1S/C33H46ClN2O3S2Si/c1-24(23-35)20-27-21-29-32(40-27)31-28(26(3)42(29)5)22-30(41-31)36(4)14-17-39-33(11-12-33)25(2)10-16-38-19-18-37-15-9-7-6-8-13-34/h20-22,26H,2,6-19H2,1,3-5H3/q+1/b24-20+. The van der Waals surface area contributed by atoms with E-state index in [1.54, 1.807) is 0 Å². The molecule has 0 spiro atoms. The summed E-state index contributed by atoms with van der Waals surface area (Å²) in [6.07, 6.45) is 9.51. The summed E-state index contributed by atoms with van der Waals surface area (Å²) in [5, 5.41) is 12.1. The highest BCUT2D eigenvalue weighted by Crippen LogP contribution is 2.48. The number of hydrogen-bond donors (Lipinski definition) is 0. The highest BCUT2D eigenvalue weighted by atomic mass is 35.5. The van der Waals surface area contributed by atoms with Crippen LogP contribution in [0.3, 0.4) is 0 Å². The van der Waals surface area contributed by atoms with Crippen LogP contribution in [0.2, 0.25) is 6.55 Å². The van der Waals surface area contributed by atoms with Gasteiger partial charge in [-0.1, -0.05) is 19.4 Å². The number of allylic oxidation sites excluding steroid dienone is 1. The van der Waals surface area contributed by atoms with Crippen molar-refractivity contribution >= 4 is 59.3 Å². The molecule has 42 heavy (non-hydrogen) atoms. The second-order valence-electron chi connectivity index (χ2n) is 11.6. The van der Waals surface area contributed by atoms with Crippen LogP contribution in [0.1, 0.15) is 74.8 Å². The number of alkyl halides is 1. The van der Waals surface area contributed by atoms with Crippen LogP contribution in [0.25, 0.3) is 15.8 Å². The molecule has 3 heterocycles. The maximum Gasteiger partial charge on any atom is 0.358 e. The number of nitriles is 1. The zero-order chi connectivity index (χ0) is 30.1. The lowest BCUT2D eigenvalue weighted by Crippen LogP contribution is -2.35. The normalized spacial score (nSPS) is 17.1. The number of hydrogen-bond acceptors (Lipinski definition) is 7. The Kier molecular flexibility index (Phi) is 12.8. The van der Waals surface area contributed by atoms with Crippen molar-refractivity contribution in [2.45, 2.75) is 76.5 Å². The molecule has 1 atom stereocenters. The number of halogens is 1. The van der Waals surface area contributed by atoms with Gasteiger partial charge in [-0.2, -0.15) is 5.26 Å². The van der Waals surface area contributed by atoms with Crippen molar-refractivity contribution in [2.24, 2.45) is 0 Å². The monoisotopic (exact) mass is 645 g/mol. The second kappa shape index (κ2) is 16.0. The number of unbranched alkanes of at least 4 members (excludes halogenated alkanes) is 3. The zero-order valence-electron chi connectivity index (χ0n) is 25.7. The van der Waals surface area contributed by atoms with Crippen molar-refractivity contribution in [1.29, 1.82) is 5.26 Å². The van der Waals surface area contributed by atoms with Gasteiger partial charge in [-0.3, -0.25) is 0 Å². The largest absolute Gasteiger partial charge is 0.379 e. The van der Waals surface area contributed by atoms with Crippen molar-refractivity contribution in [3.8, 4) is 15.8 Å². The van der Waals surface area contributed by atoms with Crippen molar-refractivity contribution in [1.82, 2.24) is 0 Å². The minimum atomic E-state index is -0.698. The Labute approximate surface area is 267 Å². The van der Waals surface area contributed by atoms with Crippen LogP contribution < -0.4 is 10.1 Å². The summed E-state index contributed by atoms with van der Waals surface area (Å²) < 4.78 is 17.9. The minimum Gasteiger partial charge on any atom is -0.379 e. The van der Waals surface area contributed by atoms with Crippen LogP contribution in [0.4, 0.5) is 5.00 Å². The SMILES string of the molecule is C=C(CCOCCOCCCCCCCl)C1(OCCN(C)c2cc3c(s2)-c2sc(/C=C(\C)C#N)cc2[Si+](C)C3C)CC1. The minimum absolute atomic E-state index is 0.163. The van der Waals surface area contributed by atoms with Gasteiger partial charge in [0.05, 0.1) is 59.4 Å². The van der Waals surface area contributed by atoms with E-state index in [4.69, 9.17) is 25.8 Å². The summed E-state index contributed by atoms with van der Waals surface area (Å²) in [5.41, 5.74) is 3.80. The van der Waals surface area contributed by atoms with Gasteiger partial charge in [0.25, 0.3) is 0 Å². The van der Waals surface area contributed by atoms with Crippen molar-refractivity contribution in [3.05, 3.63) is 40.3 Å². The Morgan fingerprint density at radius 3 is 2.57 bits per heavy atom. The van der Waals surface area contributed by atoms with E-state index in [2.05, 4.69) is 50.2 Å². The van der Waals surface area contributed by atoms with Crippen LogP contribution in [0.5, 0.6) is 0 Å². The number of anilines is 1. The lowest BCUT2D eigenvalue weighted by Gasteiger charge is -2.22. The van der Waals surface area contributed by atoms with Gasteiger partial charge in [0.2, 0.25) is 0 Å². The molecule has 9 heteroatoms. The Morgan fingerprint density at radius 1 is 1.12 bits per heavy atom. The van der Waals surface area contributed by atoms with E-state index in [1.165, 1.54) is 43.2 Å². The number of likely N-dealkylation sites (N-methyl/N-ethyl adjacent to an activating group) is 1. The average Bonchev–Trinajstić information content (AvgIpc) is 3.44. The molecular formula is C33H46ClN2O3S2Si+. The maximum atomic E-state index is 9.24. The van der Waals surface area contributed by atoms with Crippen LogP contribution in [0, 0.1) is 11.3 Å². The topological polar surface area (TPSA) is 54.7 Å². The molecule has 1 aliphatic heterocycles. The molecule has 4 rings (SSSR count). The summed E-state index contributed by atoms with van der Waals surface area (Å²) in [5.74, 6) is 0.752. The van der Waals surface area contributed by atoms with E-state index >= 15 is 0 Å². The summed E-state index contributed by atoms with van der Waals surface area (Å²) in [7, 11) is 1.48. The molecule has 0 amide bonds. The van der Waals surface area contributed by atoms with E-state index < -0.39 is 8.80 Å². The first-order valence-corrected chi connectivity index (χ1v) is 19.5. The first-order chi connectivity index (χ1) is 20.3. The Morgan fingerprint density at radius 2 is 1.86 bits per heavy atom. The predicted octanol–water partition coefficient (Wildman–Crippen LogP) is 8.16. The number of ether oxygens (including phenoxy) is 3. The lowest BCUT2D eigenvalue weighted by atomic mass is 10.1. The highest BCUT2D eigenvalue weighted by Gasteiger charge is 2.46. The Balaban J connectivity index is 1.20. The number of thiophene rings is 2. The summed E-state index contributed by atoms with van der Waals surface area (Å²) in [6, 6.07) is 7.00. The Hall–Kier alpha value is -1.44. The van der Waals surface area contributed by atoms with Crippen molar-refractivity contribution < 1.29 is 14.2 Å². The number of rotatable bonds is 19. The molecule has 0 bridgehead atoms. The lowest BCUT2D eigenvalue weighted by molar-refractivity contribution is 0.0381. The van der Waals surface area contributed by atoms with Crippen molar-refractivity contribution in [2.75, 3.05) is 57.4 Å². The number of fused-ring (bicyclic) bond motifs is 3. The molecule has 2 aliphatic rings. The predicted molar refractivity (Wildman–Crippen MR) is 182 cm³/mol. The quantitative estimate of drug-likeness (QED) is 0.0507. The molecular weight excluding hydrogens is 600 g/mol. The van der Waals surface area contributed by atoms with Crippen LogP contribution in [-0.2, 0) is 14.2 Å². The van der Waals surface area contributed by atoms with Crippen LogP contribution in [-0.4, -0.2) is 66.9 Å². The smallest absolute Gasteiger partial charge is 0.358 e.